The molecule has 2 N–H and O–H groups in total. The zero-order valence-electron chi connectivity index (χ0n) is 19.6. The van der Waals surface area contributed by atoms with Crippen LogP contribution < -0.4 is 10.6 Å². The lowest BCUT2D eigenvalue weighted by atomic mass is 10.1. The van der Waals surface area contributed by atoms with Crippen LogP contribution in [-0.2, 0) is 0 Å². The van der Waals surface area contributed by atoms with E-state index >= 15 is 0 Å². The molecule has 0 saturated carbocycles. The number of Topliss-reactive ketones (excluding diaryl/α,β-unsaturated/α-hetero) is 1. The van der Waals surface area contributed by atoms with Crippen LogP contribution in [0.3, 0.4) is 0 Å². The lowest BCUT2D eigenvalue weighted by Crippen LogP contribution is -2.35. The molecule has 0 saturated heterocycles. The number of benzene rings is 2. The normalized spacial score (nSPS) is 11.1. The molecule has 1 amide bonds. The number of unbranched alkanes of at least 4 members (excludes halogenated alkanes) is 3. The van der Waals surface area contributed by atoms with Gasteiger partial charge in [0.05, 0.1) is 6.04 Å². The number of hydrogen-bond donors (Lipinski definition) is 2. The number of carbonyl (C=O) groups is 2. The minimum Gasteiger partial charge on any atom is -0.357 e. The van der Waals surface area contributed by atoms with Crippen molar-refractivity contribution >= 4 is 44.9 Å². The first-order valence-electron chi connectivity index (χ1n) is 10.9. The summed E-state index contributed by atoms with van der Waals surface area (Å²) < 4.78 is 0.596. The van der Waals surface area contributed by atoms with E-state index in [-0.39, 0.29) is 17.7 Å². The molecule has 2 aromatic carbocycles. The van der Waals surface area contributed by atoms with Gasteiger partial charge in [0.1, 0.15) is 0 Å². The second-order valence-corrected chi connectivity index (χ2v) is 9.05. The van der Waals surface area contributed by atoms with Crippen molar-refractivity contribution < 1.29 is 9.59 Å². The maximum absolute atomic E-state index is 12.5. The molecule has 0 aliphatic carbocycles. The predicted molar refractivity (Wildman–Crippen MR) is 140 cm³/mol. The van der Waals surface area contributed by atoms with Gasteiger partial charge in [0.15, 0.2) is 5.78 Å². The average molecular weight is 522 g/mol. The van der Waals surface area contributed by atoms with Gasteiger partial charge in [-0.1, -0.05) is 73.6 Å². The highest BCUT2D eigenvalue weighted by molar-refractivity contribution is 9.10. The molecule has 0 aromatic heterocycles. The van der Waals surface area contributed by atoms with Gasteiger partial charge in [-0.05, 0) is 62.7 Å². The van der Waals surface area contributed by atoms with Crippen LogP contribution in [0.4, 0.5) is 5.69 Å². The van der Waals surface area contributed by atoms with Crippen molar-refractivity contribution in [3.63, 3.8) is 0 Å². The molecule has 0 radical (unpaired) electrons. The van der Waals surface area contributed by atoms with Crippen molar-refractivity contribution in [1.82, 2.24) is 5.32 Å². The number of aryl methyl sites for hydroxylation is 1. The fourth-order valence-corrected chi connectivity index (χ4v) is 3.74. The molecule has 0 aliphatic heterocycles. The monoisotopic (exact) mass is 520 g/mol. The summed E-state index contributed by atoms with van der Waals surface area (Å²) in [5.74, 6) is -0.308. The lowest BCUT2D eigenvalue weighted by Gasteiger charge is -2.20. The molecule has 2 rings (SSSR count). The molecule has 1 unspecified atom stereocenters. The number of hydrogen-bond acceptors (Lipinski definition) is 3. The molecule has 32 heavy (non-hydrogen) atoms. The van der Waals surface area contributed by atoms with Crippen LogP contribution >= 0.6 is 27.5 Å². The fourth-order valence-electron chi connectivity index (χ4n) is 2.86. The molecule has 2 aromatic rings. The van der Waals surface area contributed by atoms with Gasteiger partial charge in [0.25, 0.3) is 5.91 Å². The van der Waals surface area contributed by atoms with Gasteiger partial charge in [-0.3, -0.25) is 9.59 Å². The highest BCUT2D eigenvalue weighted by atomic mass is 79.9. The van der Waals surface area contributed by atoms with E-state index in [2.05, 4.69) is 47.0 Å². The molecule has 174 valence electrons. The minimum atomic E-state index is -0.302. The summed E-state index contributed by atoms with van der Waals surface area (Å²) in [5, 5.41) is 6.76. The topological polar surface area (TPSA) is 58.2 Å². The van der Waals surface area contributed by atoms with Gasteiger partial charge in [0.2, 0.25) is 0 Å². The molecule has 0 heterocycles. The van der Waals surface area contributed by atoms with Crippen LogP contribution in [0, 0.1) is 6.92 Å². The largest absolute Gasteiger partial charge is 0.357 e. The first kappa shape index (κ1) is 27.9. The Bertz CT molecular complexity index is 939. The third kappa shape index (κ3) is 9.17. The Morgan fingerprint density at radius 3 is 2.22 bits per heavy atom. The van der Waals surface area contributed by atoms with E-state index in [4.69, 9.17) is 11.6 Å². The van der Waals surface area contributed by atoms with Crippen molar-refractivity contribution in [1.29, 1.82) is 0 Å². The van der Waals surface area contributed by atoms with Crippen LogP contribution in [-0.4, -0.2) is 17.7 Å². The predicted octanol–water partition coefficient (Wildman–Crippen LogP) is 7.94. The van der Waals surface area contributed by atoms with Crippen LogP contribution in [0.2, 0.25) is 5.02 Å². The van der Waals surface area contributed by atoms with E-state index in [1.165, 1.54) is 32.6 Å². The summed E-state index contributed by atoms with van der Waals surface area (Å²) >= 11 is 9.29. The van der Waals surface area contributed by atoms with Gasteiger partial charge in [0, 0.05) is 32.0 Å². The van der Waals surface area contributed by atoms with E-state index in [0.717, 1.165) is 11.3 Å². The quantitative estimate of drug-likeness (QED) is 0.260. The van der Waals surface area contributed by atoms with Crippen molar-refractivity contribution in [3.8, 4) is 0 Å². The van der Waals surface area contributed by atoms with Crippen LogP contribution in [0.5, 0.6) is 0 Å². The van der Waals surface area contributed by atoms with E-state index < -0.39 is 0 Å². The number of rotatable bonds is 9. The number of carbonyl (C=O) groups excluding carboxylic acids is 2. The Kier molecular flexibility index (Phi) is 12.3. The van der Waals surface area contributed by atoms with Gasteiger partial charge in [-0.25, -0.2) is 0 Å². The molecule has 1 atom stereocenters. The number of amides is 1. The van der Waals surface area contributed by atoms with E-state index in [9.17, 15) is 9.59 Å². The maximum atomic E-state index is 12.5. The Hall–Kier alpha value is -2.11. The lowest BCUT2D eigenvalue weighted by molar-refractivity contribution is 0.0943. The summed E-state index contributed by atoms with van der Waals surface area (Å²) in [7, 11) is 0. The van der Waals surface area contributed by atoms with Crippen LogP contribution in [0.25, 0.3) is 0 Å². The van der Waals surface area contributed by atoms with Crippen molar-refractivity contribution in [3.05, 3.63) is 74.9 Å². The minimum absolute atomic E-state index is 0.0619. The van der Waals surface area contributed by atoms with E-state index in [1.807, 2.05) is 26.0 Å². The molecule has 6 heteroatoms. The molecule has 4 nitrogen and oxygen atoms in total. The summed E-state index contributed by atoms with van der Waals surface area (Å²) in [6.45, 7) is 13.7. The highest BCUT2D eigenvalue weighted by Gasteiger charge is 2.15. The Labute approximate surface area is 206 Å². The number of anilines is 1. The van der Waals surface area contributed by atoms with E-state index in [1.54, 1.807) is 24.3 Å². The summed E-state index contributed by atoms with van der Waals surface area (Å²) in [4.78, 5) is 23.9. The smallest absolute Gasteiger partial charge is 0.251 e. The average Bonchev–Trinajstić information content (AvgIpc) is 2.74. The number of nitrogens with one attached hydrogen (secondary N) is 2. The molecule has 0 aliphatic rings. The second-order valence-electron chi connectivity index (χ2n) is 7.76. The molecular weight excluding hydrogens is 488 g/mol. The maximum Gasteiger partial charge on any atom is 0.251 e. The zero-order chi connectivity index (χ0) is 24.3. The zero-order valence-corrected chi connectivity index (χ0v) is 22.0. The van der Waals surface area contributed by atoms with Gasteiger partial charge in [-0.15, -0.1) is 0 Å². The molecular formula is C26H34BrClN2O2. The number of halogens is 2. The number of ketones is 1. The molecule has 0 spiro atoms. The first-order chi connectivity index (χ1) is 15.1. The molecule has 0 fully saturated rings. The Morgan fingerprint density at radius 2 is 1.72 bits per heavy atom. The SMILES string of the molecule is C=C(Nc1ccc(Cl)cc1C)C(C)NC(=O)c1ccc(C(C)=O)c(Br)c1.CCCCCC. The second kappa shape index (κ2) is 14.1. The van der Waals surface area contributed by atoms with Crippen molar-refractivity contribution in [2.75, 3.05) is 5.32 Å². The third-order valence-corrected chi connectivity index (χ3v) is 5.81. The Morgan fingerprint density at radius 1 is 1.09 bits per heavy atom. The van der Waals surface area contributed by atoms with E-state index in [0.29, 0.717) is 26.3 Å². The Balaban J connectivity index is 0.000000751. The van der Waals surface area contributed by atoms with Crippen molar-refractivity contribution in [2.24, 2.45) is 0 Å². The van der Waals surface area contributed by atoms with Gasteiger partial charge >= 0.3 is 0 Å². The fraction of sp³-hybridized carbons (Fsp3) is 0.385. The van der Waals surface area contributed by atoms with Gasteiger partial charge < -0.3 is 10.6 Å². The third-order valence-electron chi connectivity index (χ3n) is 4.92. The highest BCUT2D eigenvalue weighted by Crippen LogP contribution is 2.22. The summed E-state index contributed by atoms with van der Waals surface area (Å²) in [6, 6.07) is 10.1. The summed E-state index contributed by atoms with van der Waals surface area (Å²) in [6.07, 6.45) is 5.54. The van der Waals surface area contributed by atoms with Crippen LogP contribution in [0.1, 0.15) is 79.7 Å². The summed E-state index contributed by atoms with van der Waals surface area (Å²) in [5.41, 5.74) is 3.53. The van der Waals surface area contributed by atoms with Crippen molar-refractivity contribution in [2.45, 2.75) is 66.3 Å². The standard InChI is InChI=1S/C20H20BrClN2O2.C6H14/c1-11-9-16(22)6-8-19(11)23-12(2)13(3)24-20(26)15-5-7-17(14(4)25)18(21)10-15;1-3-5-6-4-2/h5-10,13,23H,2H2,1,3-4H3,(H,24,26);3-6H2,1-2H3. The van der Waals surface area contributed by atoms with Crippen LogP contribution in [0.15, 0.2) is 53.1 Å². The first-order valence-corrected chi connectivity index (χ1v) is 12.1. The molecule has 0 bridgehead atoms. The van der Waals surface area contributed by atoms with Gasteiger partial charge in [-0.2, -0.15) is 0 Å².